The number of nitrogens with zero attached hydrogens (tertiary/aromatic N) is 3. The lowest BCUT2D eigenvalue weighted by molar-refractivity contribution is 0.0689. The zero-order chi connectivity index (χ0) is 19.0. The largest absolute Gasteiger partial charge is 0.341 e. The van der Waals surface area contributed by atoms with Gasteiger partial charge >= 0.3 is 0 Å². The van der Waals surface area contributed by atoms with Gasteiger partial charge in [-0.05, 0) is 43.0 Å². The van der Waals surface area contributed by atoms with Gasteiger partial charge in [0.15, 0.2) is 0 Å². The fourth-order valence-corrected chi connectivity index (χ4v) is 4.09. The molecule has 1 aromatic heterocycles. The number of aromatic nitrogens is 1. The third-order valence-electron chi connectivity index (χ3n) is 5.26. The number of hydrogen-bond donors (Lipinski definition) is 0. The van der Waals surface area contributed by atoms with Crippen molar-refractivity contribution < 1.29 is 9.59 Å². The fraction of sp³-hybridized carbons (Fsp3) is 0.400. The number of amides is 2. The van der Waals surface area contributed by atoms with Crippen LogP contribution in [0.5, 0.6) is 0 Å². The van der Waals surface area contributed by atoms with Gasteiger partial charge in [0.25, 0.3) is 11.8 Å². The van der Waals surface area contributed by atoms with Gasteiger partial charge in [0.05, 0.1) is 15.6 Å². The van der Waals surface area contributed by atoms with E-state index in [9.17, 15) is 9.59 Å². The van der Waals surface area contributed by atoms with Crippen LogP contribution in [0.15, 0.2) is 30.5 Å². The predicted molar refractivity (Wildman–Crippen MR) is 105 cm³/mol. The standard InChI is InChI=1S/C20H21Cl2N3O2/c21-16-5-4-14(10-17(16)22)12-25-9-8-24-13-15(11-18(24)20(25)27)19(26)23-6-2-1-3-7-23/h4-5,10-11,13H,1-3,6-9,12H2. The number of benzene rings is 1. The summed E-state index contributed by atoms with van der Waals surface area (Å²) in [7, 11) is 0. The Labute approximate surface area is 168 Å². The SMILES string of the molecule is O=C(c1cc2n(c1)CCN(Cc1ccc(Cl)c(Cl)c1)C2=O)N1CCCCC1. The second-order valence-electron chi connectivity index (χ2n) is 7.14. The molecule has 0 spiro atoms. The Hall–Kier alpha value is -1.98. The molecule has 27 heavy (non-hydrogen) atoms. The van der Waals surface area contributed by atoms with E-state index in [0.29, 0.717) is 40.9 Å². The second kappa shape index (κ2) is 7.56. The number of rotatable bonds is 3. The molecule has 0 radical (unpaired) electrons. The first-order valence-corrected chi connectivity index (χ1v) is 10.0. The van der Waals surface area contributed by atoms with Crippen LogP contribution < -0.4 is 0 Å². The minimum Gasteiger partial charge on any atom is -0.341 e. The molecule has 0 saturated carbocycles. The van der Waals surface area contributed by atoms with E-state index in [4.69, 9.17) is 23.2 Å². The number of carbonyl (C=O) groups excluding carboxylic acids is 2. The molecule has 7 heteroatoms. The van der Waals surface area contributed by atoms with Crippen molar-refractivity contribution in [3.05, 3.63) is 57.3 Å². The maximum Gasteiger partial charge on any atom is 0.270 e. The van der Waals surface area contributed by atoms with E-state index >= 15 is 0 Å². The third-order valence-corrected chi connectivity index (χ3v) is 6.00. The summed E-state index contributed by atoms with van der Waals surface area (Å²) in [4.78, 5) is 29.3. The number of fused-ring (bicyclic) bond motifs is 1. The second-order valence-corrected chi connectivity index (χ2v) is 7.95. The molecule has 3 heterocycles. The zero-order valence-electron chi connectivity index (χ0n) is 15.0. The number of halogens is 2. The van der Waals surface area contributed by atoms with Crippen LogP contribution in [0.25, 0.3) is 0 Å². The predicted octanol–water partition coefficient (Wildman–Crippen LogP) is 4.08. The molecule has 2 aliphatic rings. The molecule has 0 aliphatic carbocycles. The summed E-state index contributed by atoms with van der Waals surface area (Å²) < 4.78 is 1.89. The van der Waals surface area contributed by atoms with Gasteiger partial charge in [-0.1, -0.05) is 29.3 Å². The van der Waals surface area contributed by atoms with Crippen LogP contribution in [0.1, 0.15) is 45.7 Å². The lowest BCUT2D eigenvalue weighted by Gasteiger charge is -2.28. The normalized spacial score (nSPS) is 17.2. The molecule has 0 bridgehead atoms. The highest BCUT2D eigenvalue weighted by Gasteiger charge is 2.28. The average molecular weight is 406 g/mol. The summed E-state index contributed by atoms with van der Waals surface area (Å²) >= 11 is 12.0. The van der Waals surface area contributed by atoms with Crippen LogP contribution in [-0.4, -0.2) is 45.8 Å². The number of hydrogen-bond acceptors (Lipinski definition) is 2. The Morgan fingerprint density at radius 3 is 2.48 bits per heavy atom. The smallest absolute Gasteiger partial charge is 0.270 e. The molecule has 2 amide bonds. The minimum absolute atomic E-state index is 0.0282. The highest BCUT2D eigenvalue weighted by Crippen LogP contribution is 2.25. The summed E-state index contributed by atoms with van der Waals surface area (Å²) in [5.74, 6) is -0.0366. The van der Waals surface area contributed by atoms with Gasteiger partial charge in [0.2, 0.25) is 0 Å². The van der Waals surface area contributed by atoms with Gasteiger partial charge in [-0.25, -0.2) is 0 Å². The summed E-state index contributed by atoms with van der Waals surface area (Å²) in [5, 5.41) is 0.983. The van der Waals surface area contributed by atoms with E-state index < -0.39 is 0 Å². The minimum atomic E-state index is -0.0648. The van der Waals surface area contributed by atoms with Crippen molar-refractivity contribution in [2.45, 2.75) is 32.4 Å². The molecule has 142 valence electrons. The Balaban J connectivity index is 1.51. The van der Waals surface area contributed by atoms with E-state index in [-0.39, 0.29) is 11.8 Å². The van der Waals surface area contributed by atoms with Crippen LogP contribution in [0.4, 0.5) is 0 Å². The Kier molecular flexibility index (Phi) is 5.15. The van der Waals surface area contributed by atoms with E-state index in [1.165, 1.54) is 6.42 Å². The molecule has 1 saturated heterocycles. The quantitative estimate of drug-likeness (QED) is 0.771. The zero-order valence-corrected chi connectivity index (χ0v) is 16.5. The molecular formula is C20H21Cl2N3O2. The Morgan fingerprint density at radius 1 is 0.963 bits per heavy atom. The van der Waals surface area contributed by atoms with Crippen LogP contribution in [0, 0.1) is 0 Å². The van der Waals surface area contributed by atoms with Crippen molar-refractivity contribution in [3.63, 3.8) is 0 Å². The summed E-state index contributed by atoms with van der Waals surface area (Å²) in [6.45, 7) is 3.34. The molecular weight excluding hydrogens is 385 g/mol. The van der Waals surface area contributed by atoms with Gasteiger partial charge < -0.3 is 14.4 Å². The molecule has 2 aliphatic heterocycles. The summed E-state index contributed by atoms with van der Waals surface area (Å²) in [6.07, 6.45) is 5.10. The molecule has 2 aromatic rings. The summed E-state index contributed by atoms with van der Waals surface area (Å²) in [6, 6.07) is 7.14. The maximum absolute atomic E-state index is 12.9. The van der Waals surface area contributed by atoms with Crippen LogP contribution in [0.3, 0.4) is 0 Å². The molecule has 5 nitrogen and oxygen atoms in total. The molecule has 1 fully saturated rings. The first-order chi connectivity index (χ1) is 13.0. The van der Waals surface area contributed by atoms with Crippen molar-refractivity contribution in [3.8, 4) is 0 Å². The topological polar surface area (TPSA) is 45.6 Å². The van der Waals surface area contributed by atoms with E-state index in [2.05, 4.69) is 0 Å². The first-order valence-electron chi connectivity index (χ1n) is 9.25. The Morgan fingerprint density at radius 2 is 1.74 bits per heavy atom. The summed E-state index contributed by atoms with van der Waals surface area (Å²) in [5.41, 5.74) is 2.11. The van der Waals surface area contributed by atoms with Gasteiger partial charge in [-0.3, -0.25) is 9.59 Å². The Bertz CT molecular complexity index is 887. The van der Waals surface area contributed by atoms with E-state index in [1.807, 2.05) is 21.7 Å². The molecule has 1 aromatic carbocycles. The van der Waals surface area contributed by atoms with Crippen molar-refractivity contribution >= 4 is 35.0 Å². The average Bonchev–Trinajstić information content (AvgIpc) is 3.12. The number of likely N-dealkylation sites (tertiary alicyclic amines) is 1. The van der Waals surface area contributed by atoms with Gasteiger partial charge in [0, 0.05) is 38.9 Å². The molecule has 0 atom stereocenters. The number of carbonyl (C=O) groups is 2. The first kappa shape index (κ1) is 18.4. The van der Waals surface area contributed by atoms with E-state index in [1.54, 1.807) is 23.1 Å². The third kappa shape index (κ3) is 3.71. The molecule has 4 rings (SSSR count). The van der Waals surface area contributed by atoms with Crippen LogP contribution >= 0.6 is 23.2 Å². The van der Waals surface area contributed by atoms with Crippen LogP contribution in [-0.2, 0) is 13.1 Å². The highest BCUT2D eigenvalue weighted by molar-refractivity contribution is 6.42. The number of piperidine rings is 1. The van der Waals surface area contributed by atoms with Crippen molar-refractivity contribution in [2.24, 2.45) is 0 Å². The lowest BCUT2D eigenvalue weighted by Crippen LogP contribution is -2.39. The van der Waals surface area contributed by atoms with Gasteiger partial charge in [0.1, 0.15) is 5.69 Å². The van der Waals surface area contributed by atoms with Crippen molar-refractivity contribution in [2.75, 3.05) is 19.6 Å². The monoisotopic (exact) mass is 405 g/mol. The van der Waals surface area contributed by atoms with E-state index in [0.717, 1.165) is 31.5 Å². The van der Waals surface area contributed by atoms with Crippen LogP contribution in [0.2, 0.25) is 10.0 Å². The van der Waals surface area contributed by atoms with Gasteiger partial charge in [-0.15, -0.1) is 0 Å². The molecule has 0 unspecified atom stereocenters. The lowest BCUT2D eigenvalue weighted by atomic mass is 10.1. The van der Waals surface area contributed by atoms with Crippen molar-refractivity contribution in [1.82, 2.24) is 14.4 Å². The molecule has 0 N–H and O–H groups in total. The maximum atomic E-state index is 12.9. The fourth-order valence-electron chi connectivity index (χ4n) is 3.77. The highest BCUT2D eigenvalue weighted by atomic mass is 35.5. The van der Waals surface area contributed by atoms with Crippen molar-refractivity contribution in [1.29, 1.82) is 0 Å². The van der Waals surface area contributed by atoms with Gasteiger partial charge in [-0.2, -0.15) is 0 Å².